The van der Waals surface area contributed by atoms with Gasteiger partial charge in [-0.1, -0.05) is 26.0 Å². The summed E-state index contributed by atoms with van der Waals surface area (Å²) < 4.78 is 0. The van der Waals surface area contributed by atoms with E-state index >= 15 is 0 Å². The molecule has 0 aromatic heterocycles. The number of rotatable bonds is 5. The van der Waals surface area contributed by atoms with Gasteiger partial charge in [0.1, 0.15) is 6.04 Å². The van der Waals surface area contributed by atoms with Gasteiger partial charge in [0.05, 0.1) is 0 Å². The highest BCUT2D eigenvalue weighted by atomic mass is 16.2. The van der Waals surface area contributed by atoms with Gasteiger partial charge in [-0.3, -0.25) is 19.7 Å². The number of fused-ring (bicyclic) bond motifs is 1. The molecule has 2 atom stereocenters. The van der Waals surface area contributed by atoms with Gasteiger partial charge in [0.2, 0.25) is 11.8 Å². The third kappa shape index (κ3) is 4.07. The summed E-state index contributed by atoms with van der Waals surface area (Å²) in [5, 5.41) is 9.51. The predicted octanol–water partition coefficient (Wildman–Crippen LogP) is 1.32. The average molecular weight is 399 g/mol. The van der Waals surface area contributed by atoms with Crippen molar-refractivity contribution in [2.24, 2.45) is 5.41 Å². The van der Waals surface area contributed by atoms with Gasteiger partial charge in [-0.2, -0.15) is 0 Å². The normalized spacial score (nSPS) is 26.4. The van der Waals surface area contributed by atoms with Crippen LogP contribution in [0.25, 0.3) is 0 Å². The molecule has 2 saturated heterocycles. The summed E-state index contributed by atoms with van der Waals surface area (Å²) in [5.74, 6) is -0.756. The van der Waals surface area contributed by atoms with Crippen LogP contribution in [0.5, 0.6) is 0 Å². The third-order valence-electron chi connectivity index (χ3n) is 6.60. The van der Waals surface area contributed by atoms with E-state index in [1.165, 1.54) is 12.8 Å². The van der Waals surface area contributed by atoms with Crippen LogP contribution in [0, 0.1) is 5.41 Å². The van der Waals surface area contributed by atoms with Gasteiger partial charge in [0.25, 0.3) is 5.91 Å². The third-order valence-corrected chi connectivity index (χ3v) is 6.60. The largest absolute Gasteiger partial charge is 0.322 e. The van der Waals surface area contributed by atoms with E-state index < -0.39 is 6.04 Å². The Kier molecular flexibility index (Phi) is 5.44. The summed E-state index contributed by atoms with van der Waals surface area (Å²) in [6.07, 6.45) is 3.13. The Labute approximate surface area is 171 Å². The summed E-state index contributed by atoms with van der Waals surface area (Å²) in [6, 6.07) is 5.80. The first-order valence-corrected chi connectivity index (χ1v) is 10.6. The molecule has 3 aliphatic heterocycles. The highest BCUT2D eigenvalue weighted by Crippen LogP contribution is 2.30. The Hall–Kier alpha value is -2.25. The Morgan fingerprint density at radius 3 is 2.83 bits per heavy atom. The minimum atomic E-state index is -0.561. The van der Waals surface area contributed by atoms with Gasteiger partial charge >= 0.3 is 0 Å². The summed E-state index contributed by atoms with van der Waals surface area (Å²) in [6.45, 7) is 7.78. The quantitative estimate of drug-likeness (QED) is 0.651. The molecule has 3 aliphatic rings. The SMILES string of the molecule is CC1(C)CCCNC1CNCc1ccc2c(c1)CN(C1CCC(=O)NC1=O)C2=O. The fourth-order valence-electron chi connectivity index (χ4n) is 4.72. The van der Waals surface area contributed by atoms with Gasteiger partial charge in [-0.25, -0.2) is 0 Å². The lowest BCUT2D eigenvalue weighted by atomic mass is 9.77. The summed E-state index contributed by atoms with van der Waals surface area (Å²) in [5.41, 5.74) is 3.04. The fourth-order valence-corrected chi connectivity index (χ4v) is 4.72. The van der Waals surface area contributed by atoms with Crippen LogP contribution in [-0.2, 0) is 22.7 Å². The molecule has 0 aliphatic carbocycles. The maximum absolute atomic E-state index is 12.8. The molecular formula is C22H30N4O3. The molecule has 2 unspecified atom stereocenters. The van der Waals surface area contributed by atoms with Crippen LogP contribution >= 0.6 is 0 Å². The number of carbonyl (C=O) groups excluding carboxylic acids is 3. The Morgan fingerprint density at radius 1 is 1.24 bits per heavy atom. The van der Waals surface area contributed by atoms with Crippen molar-refractivity contribution in [2.75, 3.05) is 13.1 Å². The van der Waals surface area contributed by atoms with Crippen LogP contribution in [0.1, 0.15) is 61.0 Å². The van der Waals surface area contributed by atoms with Crippen molar-refractivity contribution >= 4 is 17.7 Å². The number of carbonyl (C=O) groups is 3. The number of piperidine rings is 2. The van der Waals surface area contributed by atoms with Crippen LogP contribution < -0.4 is 16.0 Å². The monoisotopic (exact) mass is 398 g/mol. The molecule has 7 nitrogen and oxygen atoms in total. The molecule has 29 heavy (non-hydrogen) atoms. The van der Waals surface area contributed by atoms with E-state index in [2.05, 4.69) is 35.9 Å². The molecule has 2 fully saturated rings. The lowest BCUT2D eigenvalue weighted by molar-refractivity contribution is -0.136. The number of imide groups is 1. The number of amides is 3. The number of benzene rings is 1. The van der Waals surface area contributed by atoms with Gasteiger partial charge < -0.3 is 15.5 Å². The van der Waals surface area contributed by atoms with E-state index in [4.69, 9.17) is 0 Å². The van der Waals surface area contributed by atoms with Crippen molar-refractivity contribution in [1.29, 1.82) is 0 Å². The zero-order valence-corrected chi connectivity index (χ0v) is 17.2. The molecule has 0 saturated carbocycles. The zero-order chi connectivity index (χ0) is 20.6. The molecular weight excluding hydrogens is 368 g/mol. The lowest BCUT2D eigenvalue weighted by Gasteiger charge is -2.39. The topological polar surface area (TPSA) is 90.5 Å². The van der Waals surface area contributed by atoms with Crippen LogP contribution in [0.15, 0.2) is 18.2 Å². The second-order valence-corrected chi connectivity index (χ2v) is 9.12. The summed E-state index contributed by atoms with van der Waals surface area (Å²) in [7, 11) is 0. The number of nitrogens with one attached hydrogen (secondary N) is 3. The molecule has 1 aromatic rings. The average Bonchev–Trinajstić information content (AvgIpc) is 2.99. The van der Waals surface area contributed by atoms with Crippen LogP contribution in [-0.4, -0.2) is 47.8 Å². The van der Waals surface area contributed by atoms with Crippen molar-refractivity contribution in [3.63, 3.8) is 0 Å². The first-order chi connectivity index (χ1) is 13.8. The second kappa shape index (κ2) is 7.88. The molecule has 7 heteroatoms. The van der Waals surface area contributed by atoms with Crippen molar-refractivity contribution in [3.05, 3.63) is 34.9 Å². The van der Waals surface area contributed by atoms with E-state index in [1.807, 2.05) is 12.1 Å². The molecule has 3 heterocycles. The number of hydrogen-bond acceptors (Lipinski definition) is 5. The Balaban J connectivity index is 1.37. The van der Waals surface area contributed by atoms with Gasteiger partial charge in [0, 0.05) is 37.7 Å². The maximum Gasteiger partial charge on any atom is 0.255 e. The van der Waals surface area contributed by atoms with E-state index in [0.717, 1.165) is 30.8 Å². The highest BCUT2D eigenvalue weighted by Gasteiger charge is 2.39. The molecule has 4 rings (SSSR count). The molecule has 3 N–H and O–H groups in total. The van der Waals surface area contributed by atoms with Crippen LogP contribution in [0.2, 0.25) is 0 Å². The first kappa shape index (κ1) is 20.0. The molecule has 156 valence electrons. The molecule has 3 amide bonds. The van der Waals surface area contributed by atoms with Crippen LogP contribution in [0.4, 0.5) is 0 Å². The van der Waals surface area contributed by atoms with Crippen molar-refractivity contribution in [2.45, 2.75) is 64.7 Å². The smallest absolute Gasteiger partial charge is 0.255 e. The van der Waals surface area contributed by atoms with E-state index in [0.29, 0.717) is 24.6 Å². The summed E-state index contributed by atoms with van der Waals surface area (Å²) in [4.78, 5) is 37.9. The van der Waals surface area contributed by atoms with Gasteiger partial charge in [0.15, 0.2) is 0 Å². The van der Waals surface area contributed by atoms with Gasteiger partial charge in [-0.15, -0.1) is 0 Å². The minimum Gasteiger partial charge on any atom is -0.322 e. The maximum atomic E-state index is 12.8. The van der Waals surface area contributed by atoms with Crippen LogP contribution in [0.3, 0.4) is 0 Å². The second-order valence-electron chi connectivity index (χ2n) is 9.12. The van der Waals surface area contributed by atoms with Crippen molar-refractivity contribution < 1.29 is 14.4 Å². The molecule has 0 spiro atoms. The minimum absolute atomic E-state index is 0.123. The van der Waals surface area contributed by atoms with Crippen molar-refractivity contribution in [1.82, 2.24) is 20.9 Å². The van der Waals surface area contributed by atoms with E-state index in [-0.39, 0.29) is 29.6 Å². The first-order valence-electron chi connectivity index (χ1n) is 10.6. The summed E-state index contributed by atoms with van der Waals surface area (Å²) >= 11 is 0. The Morgan fingerprint density at radius 2 is 2.07 bits per heavy atom. The molecule has 0 radical (unpaired) electrons. The standard InChI is InChI=1S/C22H30N4O3/c1-22(2)8-3-9-24-18(22)12-23-11-14-4-5-16-15(10-14)13-26(21(16)29)17-6-7-19(27)25-20(17)28/h4-5,10,17-18,23-24H,3,6-9,11-13H2,1-2H3,(H,25,27,28). The highest BCUT2D eigenvalue weighted by molar-refractivity contribution is 6.05. The zero-order valence-electron chi connectivity index (χ0n) is 17.2. The molecule has 0 bridgehead atoms. The Bertz CT molecular complexity index is 835. The number of hydrogen-bond donors (Lipinski definition) is 3. The van der Waals surface area contributed by atoms with Gasteiger partial charge in [-0.05, 0) is 48.4 Å². The number of nitrogens with zero attached hydrogens (tertiary/aromatic N) is 1. The molecule has 1 aromatic carbocycles. The van der Waals surface area contributed by atoms with E-state index in [9.17, 15) is 14.4 Å². The predicted molar refractivity (Wildman–Crippen MR) is 109 cm³/mol. The lowest BCUT2D eigenvalue weighted by Crippen LogP contribution is -2.52. The van der Waals surface area contributed by atoms with Crippen molar-refractivity contribution in [3.8, 4) is 0 Å². The van der Waals surface area contributed by atoms with E-state index in [1.54, 1.807) is 4.90 Å². The fraction of sp³-hybridized carbons (Fsp3) is 0.591.